The third kappa shape index (κ3) is 4.01. The van der Waals surface area contributed by atoms with Gasteiger partial charge >= 0.3 is 0 Å². The number of nitrogens with zero attached hydrogens (tertiary/aromatic N) is 2. The van der Waals surface area contributed by atoms with Gasteiger partial charge in [-0.1, -0.05) is 13.0 Å². The van der Waals surface area contributed by atoms with Gasteiger partial charge in [0.1, 0.15) is 16.2 Å². The highest BCUT2D eigenvalue weighted by atomic mass is 79.9. The smallest absolute Gasteiger partial charge is 0.135 e. The van der Waals surface area contributed by atoms with Crippen molar-refractivity contribution in [3.05, 3.63) is 44.7 Å². The van der Waals surface area contributed by atoms with Crippen LogP contribution in [0.1, 0.15) is 24.7 Å². The summed E-state index contributed by atoms with van der Waals surface area (Å²) < 4.78 is 1.83. The molecule has 2 rings (SSSR count). The van der Waals surface area contributed by atoms with Crippen LogP contribution in [0.2, 0.25) is 0 Å². The van der Waals surface area contributed by atoms with E-state index in [4.69, 9.17) is 0 Å². The summed E-state index contributed by atoms with van der Waals surface area (Å²) in [5, 5.41) is 3.31. The normalized spacial score (nSPS) is 10.5. The van der Waals surface area contributed by atoms with Gasteiger partial charge in [0.05, 0.1) is 5.69 Å². The third-order valence-electron chi connectivity index (χ3n) is 2.60. The van der Waals surface area contributed by atoms with Gasteiger partial charge in [-0.2, -0.15) is 0 Å². The fraction of sp³-hybridized carbons (Fsp3) is 0.286. The van der Waals surface area contributed by atoms with E-state index in [1.807, 2.05) is 12.1 Å². The number of halogens is 2. The molecule has 2 aromatic rings. The fourth-order valence-electron chi connectivity index (χ4n) is 1.72. The van der Waals surface area contributed by atoms with Gasteiger partial charge in [-0.25, -0.2) is 9.97 Å². The van der Waals surface area contributed by atoms with Crippen molar-refractivity contribution in [2.24, 2.45) is 0 Å². The van der Waals surface area contributed by atoms with Crippen LogP contribution in [0.3, 0.4) is 0 Å². The van der Waals surface area contributed by atoms with Gasteiger partial charge < -0.3 is 5.32 Å². The summed E-state index contributed by atoms with van der Waals surface area (Å²) in [6.07, 6.45) is 1.91. The molecule has 0 aliphatic heterocycles. The Bertz CT molecular complexity index is 585. The Balaban J connectivity index is 2.27. The molecular weight excluding hydrogens is 370 g/mol. The van der Waals surface area contributed by atoms with Gasteiger partial charge in [-0.3, -0.25) is 0 Å². The quantitative estimate of drug-likeness (QED) is 0.753. The number of hydrogen-bond acceptors (Lipinski definition) is 3. The van der Waals surface area contributed by atoms with Gasteiger partial charge in [0.15, 0.2) is 0 Å². The molecule has 5 heteroatoms. The summed E-state index contributed by atoms with van der Waals surface area (Å²) in [5.74, 6) is 1.65. The van der Waals surface area contributed by atoms with Crippen LogP contribution < -0.4 is 5.32 Å². The second kappa shape index (κ2) is 6.48. The second-order valence-electron chi connectivity index (χ2n) is 4.35. The van der Waals surface area contributed by atoms with Crippen molar-refractivity contribution >= 4 is 43.4 Å². The summed E-state index contributed by atoms with van der Waals surface area (Å²) in [5.41, 5.74) is 2.21. The molecule has 0 atom stereocenters. The first-order chi connectivity index (χ1) is 9.08. The number of rotatable bonds is 4. The molecular formula is C14H15Br2N3. The first-order valence-corrected chi connectivity index (χ1v) is 7.73. The predicted octanol–water partition coefficient (Wildman–Crippen LogP) is 5.01. The van der Waals surface area contributed by atoms with E-state index in [1.54, 1.807) is 0 Å². The number of benzene rings is 1. The highest BCUT2D eigenvalue weighted by molar-refractivity contribution is 9.10. The molecule has 0 aliphatic carbocycles. The largest absolute Gasteiger partial charge is 0.339 e. The van der Waals surface area contributed by atoms with Crippen LogP contribution in [0.5, 0.6) is 0 Å². The SMILES string of the molecule is CCCc1nc(Br)cc(Nc2ccc(C)cc2Br)n1. The van der Waals surface area contributed by atoms with Crippen LogP contribution in [0, 0.1) is 6.92 Å². The van der Waals surface area contributed by atoms with E-state index in [0.717, 1.165) is 39.2 Å². The van der Waals surface area contributed by atoms with Crippen molar-refractivity contribution in [1.29, 1.82) is 0 Å². The Hall–Kier alpha value is -0.940. The zero-order valence-corrected chi connectivity index (χ0v) is 14.0. The lowest BCUT2D eigenvalue weighted by molar-refractivity contribution is 0.831. The molecule has 1 heterocycles. The predicted molar refractivity (Wildman–Crippen MR) is 85.9 cm³/mol. The van der Waals surface area contributed by atoms with E-state index < -0.39 is 0 Å². The lowest BCUT2D eigenvalue weighted by atomic mass is 10.2. The molecule has 0 radical (unpaired) electrons. The highest BCUT2D eigenvalue weighted by Crippen LogP contribution is 2.26. The van der Waals surface area contributed by atoms with Gasteiger partial charge in [-0.15, -0.1) is 0 Å². The summed E-state index contributed by atoms with van der Waals surface area (Å²) in [6.45, 7) is 4.18. The molecule has 0 spiro atoms. The van der Waals surface area contributed by atoms with Crippen molar-refractivity contribution in [3.8, 4) is 0 Å². The summed E-state index contributed by atoms with van der Waals surface area (Å²) in [7, 11) is 0. The van der Waals surface area contributed by atoms with Crippen molar-refractivity contribution in [2.45, 2.75) is 26.7 Å². The third-order valence-corrected chi connectivity index (χ3v) is 3.66. The molecule has 0 unspecified atom stereocenters. The lowest BCUT2D eigenvalue weighted by Crippen LogP contribution is -2.01. The van der Waals surface area contributed by atoms with E-state index in [0.29, 0.717) is 0 Å². The van der Waals surface area contributed by atoms with E-state index in [9.17, 15) is 0 Å². The molecule has 100 valence electrons. The number of aryl methyl sites for hydroxylation is 2. The van der Waals surface area contributed by atoms with E-state index in [2.05, 4.69) is 73.1 Å². The number of aromatic nitrogens is 2. The van der Waals surface area contributed by atoms with Crippen molar-refractivity contribution in [1.82, 2.24) is 9.97 Å². The van der Waals surface area contributed by atoms with Crippen molar-refractivity contribution in [3.63, 3.8) is 0 Å². The lowest BCUT2D eigenvalue weighted by Gasteiger charge is -2.10. The Morgan fingerprint density at radius 2 is 1.95 bits per heavy atom. The molecule has 1 aromatic carbocycles. The molecule has 0 saturated carbocycles. The summed E-state index contributed by atoms with van der Waals surface area (Å²) in [4.78, 5) is 8.86. The number of nitrogens with one attached hydrogen (secondary N) is 1. The van der Waals surface area contributed by atoms with Crippen LogP contribution in [0.15, 0.2) is 33.3 Å². The topological polar surface area (TPSA) is 37.8 Å². The zero-order chi connectivity index (χ0) is 13.8. The molecule has 1 N–H and O–H groups in total. The Morgan fingerprint density at radius 1 is 1.16 bits per heavy atom. The Morgan fingerprint density at radius 3 is 2.63 bits per heavy atom. The van der Waals surface area contributed by atoms with E-state index in [-0.39, 0.29) is 0 Å². The van der Waals surface area contributed by atoms with Crippen LogP contribution in [0.25, 0.3) is 0 Å². The minimum atomic E-state index is 0.801. The van der Waals surface area contributed by atoms with Gasteiger partial charge in [-0.05, 0) is 62.9 Å². The fourth-order valence-corrected chi connectivity index (χ4v) is 2.74. The minimum Gasteiger partial charge on any atom is -0.339 e. The molecule has 0 amide bonds. The minimum absolute atomic E-state index is 0.801. The van der Waals surface area contributed by atoms with Gasteiger partial charge in [0, 0.05) is 17.0 Å². The van der Waals surface area contributed by atoms with Crippen LogP contribution in [-0.4, -0.2) is 9.97 Å². The van der Waals surface area contributed by atoms with Crippen molar-refractivity contribution < 1.29 is 0 Å². The van der Waals surface area contributed by atoms with Crippen LogP contribution >= 0.6 is 31.9 Å². The molecule has 0 fully saturated rings. The van der Waals surface area contributed by atoms with E-state index in [1.165, 1.54) is 5.56 Å². The average Bonchev–Trinajstić information content (AvgIpc) is 2.32. The average molecular weight is 385 g/mol. The van der Waals surface area contributed by atoms with Gasteiger partial charge in [0.2, 0.25) is 0 Å². The molecule has 0 bridgehead atoms. The monoisotopic (exact) mass is 383 g/mol. The number of hydrogen-bond donors (Lipinski definition) is 1. The van der Waals surface area contributed by atoms with Crippen LogP contribution in [0.4, 0.5) is 11.5 Å². The maximum absolute atomic E-state index is 4.51. The molecule has 0 saturated heterocycles. The van der Waals surface area contributed by atoms with Crippen LogP contribution in [-0.2, 0) is 6.42 Å². The molecule has 0 aliphatic rings. The molecule has 3 nitrogen and oxygen atoms in total. The first-order valence-electron chi connectivity index (χ1n) is 6.15. The first kappa shape index (κ1) is 14.5. The second-order valence-corrected chi connectivity index (χ2v) is 6.02. The summed E-state index contributed by atoms with van der Waals surface area (Å²) in [6, 6.07) is 8.06. The Kier molecular flexibility index (Phi) is 4.93. The van der Waals surface area contributed by atoms with Gasteiger partial charge in [0.25, 0.3) is 0 Å². The zero-order valence-electron chi connectivity index (χ0n) is 10.9. The molecule has 19 heavy (non-hydrogen) atoms. The standard InChI is InChI=1S/C14H15Br2N3/c1-3-4-13-18-12(16)8-14(19-13)17-11-6-5-9(2)7-10(11)15/h5-8H,3-4H2,1-2H3,(H,17,18,19). The van der Waals surface area contributed by atoms with E-state index >= 15 is 0 Å². The highest BCUT2D eigenvalue weighted by Gasteiger charge is 2.05. The maximum atomic E-state index is 4.51. The maximum Gasteiger partial charge on any atom is 0.135 e. The number of anilines is 2. The summed E-state index contributed by atoms with van der Waals surface area (Å²) >= 11 is 6.98. The Labute approximate surface area is 130 Å². The molecule has 1 aromatic heterocycles. The van der Waals surface area contributed by atoms with Crippen molar-refractivity contribution in [2.75, 3.05) is 5.32 Å².